The molecular weight excluding hydrogens is 248 g/mol. The van der Waals surface area contributed by atoms with E-state index in [9.17, 15) is 8.42 Å². The van der Waals surface area contributed by atoms with E-state index in [0.717, 1.165) is 38.8 Å². The fourth-order valence-corrected chi connectivity index (χ4v) is 4.81. The Bertz CT molecular complexity index is 372. The molecule has 2 fully saturated rings. The Morgan fingerprint density at radius 3 is 2.28 bits per heavy atom. The Balaban J connectivity index is 2.08. The fraction of sp³-hybridized carbons (Fsp3) is 1.00. The van der Waals surface area contributed by atoms with E-state index in [1.807, 2.05) is 0 Å². The molecule has 0 spiro atoms. The first kappa shape index (κ1) is 14.3. The maximum atomic E-state index is 11.7. The Hall–Kier alpha value is -0.130. The number of hydrogen-bond acceptors (Lipinski definition) is 4. The van der Waals surface area contributed by atoms with Crippen molar-refractivity contribution in [2.75, 3.05) is 19.3 Å². The largest absolute Gasteiger partial charge is 0.314 e. The molecule has 1 aliphatic heterocycles. The summed E-state index contributed by atoms with van der Waals surface area (Å²) in [7, 11) is -2.87. The van der Waals surface area contributed by atoms with Gasteiger partial charge in [-0.05, 0) is 33.1 Å². The van der Waals surface area contributed by atoms with Crippen molar-refractivity contribution >= 4 is 9.84 Å². The van der Waals surface area contributed by atoms with Crippen molar-refractivity contribution in [3.8, 4) is 0 Å². The molecule has 4 unspecified atom stereocenters. The van der Waals surface area contributed by atoms with E-state index in [0.29, 0.717) is 18.1 Å². The zero-order valence-electron chi connectivity index (χ0n) is 11.7. The van der Waals surface area contributed by atoms with Crippen molar-refractivity contribution in [1.82, 2.24) is 10.2 Å². The second-order valence-corrected chi connectivity index (χ2v) is 8.40. The minimum absolute atomic E-state index is 0.120. The lowest BCUT2D eigenvalue weighted by molar-refractivity contribution is 0.0484. The van der Waals surface area contributed by atoms with Crippen LogP contribution in [0.5, 0.6) is 0 Å². The fourth-order valence-electron chi connectivity index (χ4n) is 3.65. The van der Waals surface area contributed by atoms with Gasteiger partial charge in [-0.2, -0.15) is 0 Å². The molecule has 0 amide bonds. The average Bonchev–Trinajstić information content (AvgIpc) is 2.28. The van der Waals surface area contributed by atoms with Crippen molar-refractivity contribution in [2.24, 2.45) is 0 Å². The molecule has 1 saturated heterocycles. The van der Waals surface area contributed by atoms with Crippen molar-refractivity contribution in [3.63, 3.8) is 0 Å². The lowest BCUT2D eigenvalue weighted by Crippen LogP contribution is -2.59. The number of piperazine rings is 1. The summed E-state index contributed by atoms with van der Waals surface area (Å²) in [5.74, 6) is 0. The smallest absolute Gasteiger partial charge is 0.150 e. The molecule has 1 saturated carbocycles. The van der Waals surface area contributed by atoms with Gasteiger partial charge in [0.2, 0.25) is 0 Å². The lowest BCUT2D eigenvalue weighted by Gasteiger charge is -2.47. The van der Waals surface area contributed by atoms with Gasteiger partial charge in [-0.1, -0.05) is 6.42 Å². The number of nitrogens with zero attached hydrogens (tertiary/aromatic N) is 1. The zero-order chi connectivity index (χ0) is 13.3. The summed E-state index contributed by atoms with van der Waals surface area (Å²) in [6.45, 7) is 6.52. The molecule has 5 heteroatoms. The van der Waals surface area contributed by atoms with E-state index in [4.69, 9.17) is 0 Å². The van der Waals surface area contributed by atoms with Crippen molar-refractivity contribution in [3.05, 3.63) is 0 Å². The molecule has 0 bridgehead atoms. The summed E-state index contributed by atoms with van der Waals surface area (Å²) < 4.78 is 23.5. The summed E-state index contributed by atoms with van der Waals surface area (Å²) in [5.41, 5.74) is 0. The van der Waals surface area contributed by atoms with Gasteiger partial charge in [-0.25, -0.2) is 8.42 Å². The highest BCUT2D eigenvalue weighted by Gasteiger charge is 2.36. The van der Waals surface area contributed by atoms with E-state index in [1.54, 1.807) is 0 Å². The molecule has 106 valence electrons. The predicted molar refractivity (Wildman–Crippen MR) is 74.5 cm³/mol. The first-order chi connectivity index (χ1) is 8.39. The molecule has 18 heavy (non-hydrogen) atoms. The highest BCUT2D eigenvalue weighted by atomic mass is 32.2. The van der Waals surface area contributed by atoms with Gasteiger partial charge in [0.15, 0.2) is 0 Å². The topological polar surface area (TPSA) is 49.4 Å². The quantitative estimate of drug-likeness (QED) is 0.817. The molecule has 1 heterocycles. The normalized spacial score (nSPS) is 39.7. The van der Waals surface area contributed by atoms with Gasteiger partial charge in [-0.3, -0.25) is 4.90 Å². The van der Waals surface area contributed by atoms with Crippen molar-refractivity contribution in [1.29, 1.82) is 0 Å². The highest BCUT2D eigenvalue weighted by molar-refractivity contribution is 7.91. The van der Waals surface area contributed by atoms with Crippen LogP contribution in [0.15, 0.2) is 0 Å². The molecule has 0 radical (unpaired) electrons. The Labute approximate surface area is 111 Å². The average molecular weight is 274 g/mol. The van der Waals surface area contributed by atoms with Crippen LogP contribution in [-0.2, 0) is 9.84 Å². The third-order valence-corrected chi connectivity index (χ3v) is 6.16. The maximum Gasteiger partial charge on any atom is 0.150 e. The molecule has 0 aromatic rings. The van der Waals surface area contributed by atoms with E-state index >= 15 is 0 Å². The van der Waals surface area contributed by atoms with Crippen LogP contribution in [0.3, 0.4) is 0 Å². The third kappa shape index (κ3) is 3.06. The van der Waals surface area contributed by atoms with Crippen LogP contribution in [-0.4, -0.2) is 56.0 Å². The van der Waals surface area contributed by atoms with Crippen molar-refractivity contribution < 1.29 is 8.42 Å². The van der Waals surface area contributed by atoms with Crippen LogP contribution < -0.4 is 5.32 Å². The Morgan fingerprint density at radius 1 is 1.11 bits per heavy atom. The van der Waals surface area contributed by atoms with E-state index in [1.165, 1.54) is 6.26 Å². The monoisotopic (exact) mass is 274 g/mol. The van der Waals surface area contributed by atoms with Crippen LogP contribution in [0.4, 0.5) is 0 Å². The molecule has 2 aliphatic rings. The molecule has 0 aromatic carbocycles. The number of rotatable bonds is 2. The van der Waals surface area contributed by atoms with Gasteiger partial charge in [0, 0.05) is 37.5 Å². The van der Waals surface area contributed by atoms with E-state index in [2.05, 4.69) is 24.1 Å². The Morgan fingerprint density at radius 2 is 1.72 bits per heavy atom. The van der Waals surface area contributed by atoms with Crippen LogP contribution in [0, 0.1) is 0 Å². The SMILES string of the molecule is CC1CNCC(C)N1C1CCCC(S(C)(=O)=O)C1. The molecule has 4 atom stereocenters. The molecule has 0 aromatic heterocycles. The maximum absolute atomic E-state index is 11.7. The lowest BCUT2D eigenvalue weighted by atomic mass is 9.91. The minimum atomic E-state index is -2.87. The van der Waals surface area contributed by atoms with Gasteiger partial charge in [0.05, 0.1) is 5.25 Å². The van der Waals surface area contributed by atoms with Crippen LogP contribution in [0.25, 0.3) is 0 Å². The second kappa shape index (κ2) is 5.47. The predicted octanol–water partition coefficient (Wildman–Crippen LogP) is 1.02. The van der Waals surface area contributed by atoms with Gasteiger partial charge in [0.1, 0.15) is 9.84 Å². The summed E-state index contributed by atoms with van der Waals surface area (Å²) in [5, 5.41) is 3.32. The van der Waals surface area contributed by atoms with Gasteiger partial charge < -0.3 is 5.32 Å². The summed E-state index contributed by atoms with van der Waals surface area (Å²) in [6, 6.07) is 1.47. The third-order valence-electron chi connectivity index (χ3n) is 4.52. The highest BCUT2D eigenvalue weighted by Crippen LogP contribution is 2.30. The number of nitrogens with one attached hydrogen (secondary N) is 1. The van der Waals surface area contributed by atoms with Crippen LogP contribution in [0.1, 0.15) is 39.5 Å². The molecule has 4 nitrogen and oxygen atoms in total. The minimum Gasteiger partial charge on any atom is -0.314 e. The second-order valence-electron chi connectivity index (χ2n) is 6.08. The molecule has 1 aliphatic carbocycles. The number of sulfone groups is 1. The van der Waals surface area contributed by atoms with Gasteiger partial charge >= 0.3 is 0 Å². The van der Waals surface area contributed by atoms with Crippen LogP contribution in [0.2, 0.25) is 0 Å². The zero-order valence-corrected chi connectivity index (χ0v) is 12.5. The van der Waals surface area contributed by atoms with Crippen molar-refractivity contribution in [2.45, 2.75) is 62.9 Å². The Kier molecular flexibility index (Phi) is 4.34. The standard InChI is InChI=1S/C13H26N2O2S/c1-10-8-14-9-11(2)15(10)12-5-4-6-13(7-12)18(3,16)17/h10-14H,4-9H2,1-3H3. The first-order valence-corrected chi connectivity index (χ1v) is 9.02. The van der Waals surface area contributed by atoms with Gasteiger partial charge in [-0.15, -0.1) is 0 Å². The molecule has 1 N–H and O–H groups in total. The summed E-state index contributed by atoms with van der Waals surface area (Å²) in [4.78, 5) is 2.55. The summed E-state index contributed by atoms with van der Waals surface area (Å²) >= 11 is 0. The number of hydrogen-bond donors (Lipinski definition) is 1. The molecule has 2 rings (SSSR count). The van der Waals surface area contributed by atoms with E-state index in [-0.39, 0.29) is 5.25 Å². The van der Waals surface area contributed by atoms with E-state index < -0.39 is 9.84 Å². The van der Waals surface area contributed by atoms with Gasteiger partial charge in [0.25, 0.3) is 0 Å². The molecular formula is C13H26N2O2S. The van der Waals surface area contributed by atoms with Crippen LogP contribution >= 0.6 is 0 Å². The summed E-state index contributed by atoms with van der Waals surface area (Å²) in [6.07, 6.45) is 5.27. The first-order valence-electron chi connectivity index (χ1n) is 7.06.